The molecule has 8 heteroatoms. The van der Waals surface area contributed by atoms with Crippen molar-refractivity contribution in [3.05, 3.63) is 59.2 Å². The SMILES string of the molecule is CCOC(=O)c1ccc(NC(=O)c2ccc(C)c(S(=O)(=O)N3CCCCC3)c2)cc1. The van der Waals surface area contributed by atoms with Crippen molar-refractivity contribution in [3.63, 3.8) is 0 Å². The van der Waals surface area contributed by atoms with Gasteiger partial charge >= 0.3 is 5.97 Å². The Labute approximate surface area is 177 Å². The number of esters is 1. The molecule has 0 bridgehead atoms. The van der Waals surface area contributed by atoms with Crippen molar-refractivity contribution in [2.75, 3.05) is 25.0 Å². The van der Waals surface area contributed by atoms with Crippen LogP contribution in [0.15, 0.2) is 47.4 Å². The van der Waals surface area contributed by atoms with E-state index in [1.807, 2.05) is 0 Å². The van der Waals surface area contributed by atoms with E-state index in [4.69, 9.17) is 4.74 Å². The second-order valence-electron chi connectivity index (χ2n) is 7.20. The molecule has 1 saturated heterocycles. The van der Waals surface area contributed by atoms with Gasteiger partial charge in [-0.2, -0.15) is 4.31 Å². The molecule has 1 aliphatic rings. The molecule has 2 aromatic carbocycles. The Bertz CT molecular complexity index is 1030. The van der Waals surface area contributed by atoms with E-state index < -0.39 is 21.9 Å². The van der Waals surface area contributed by atoms with Crippen LogP contribution in [0.4, 0.5) is 5.69 Å². The van der Waals surface area contributed by atoms with Gasteiger partial charge in [-0.05, 0) is 68.7 Å². The highest BCUT2D eigenvalue weighted by Gasteiger charge is 2.28. The zero-order valence-electron chi connectivity index (χ0n) is 17.2. The van der Waals surface area contributed by atoms with Crippen LogP contribution in [0.2, 0.25) is 0 Å². The topological polar surface area (TPSA) is 92.8 Å². The molecule has 3 rings (SSSR count). The second kappa shape index (κ2) is 9.40. The van der Waals surface area contributed by atoms with Crippen molar-refractivity contribution in [1.29, 1.82) is 0 Å². The van der Waals surface area contributed by atoms with Crippen LogP contribution in [-0.4, -0.2) is 44.3 Å². The predicted molar refractivity (Wildman–Crippen MR) is 114 cm³/mol. The molecule has 160 valence electrons. The fraction of sp³-hybridized carbons (Fsp3) is 0.364. The molecule has 7 nitrogen and oxygen atoms in total. The lowest BCUT2D eigenvalue weighted by Gasteiger charge is -2.26. The zero-order chi connectivity index (χ0) is 21.7. The number of benzene rings is 2. The Hall–Kier alpha value is -2.71. The number of ether oxygens (including phenoxy) is 1. The fourth-order valence-electron chi connectivity index (χ4n) is 3.37. The van der Waals surface area contributed by atoms with Crippen LogP contribution in [0.5, 0.6) is 0 Å². The minimum atomic E-state index is -3.64. The van der Waals surface area contributed by atoms with E-state index in [9.17, 15) is 18.0 Å². The molecule has 1 aliphatic heterocycles. The van der Waals surface area contributed by atoms with Crippen molar-refractivity contribution in [3.8, 4) is 0 Å². The first-order valence-electron chi connectivity index (χ1n) is 10.0. The van der Waals surface area contributed by atoms with Gasteiger partial charge < -0.3 is 10.1 Å². The predicted octanol–water partition coefficient (Wildman–Crippen LogP) is 3.60. The molecule has 30 heavy (non-hydrogen) atoms. The van der Waals surface area contributed by atoms with Crippen LogP contribution in [0.1, 0.15) is 52.5 Å². The van der Waals surface area contributed by atoms with Crippen LogP contribution in [-0.2, 0) is 14.8 Å². The summed E-state index contributed by atoms with van der Waals surface area (Å²) in [4.78, 5) is 24.6. The molecule has 0 aliphatic carbocycles. The summed E-state index contributed by atoms with van der Waals surface area (Å²) in [5, 5.41) is 2.73. The molecular weight excluding hydrogens is 404 g/mol. The molecule has 0 saturated carbocycles. The average molecular weight is 431 g/mol. The van der Waals surface area contributed by atoms with Crippen LogP contribution < -0.4 is 5.32 Å². The third-order valence-corrected chi connectivity index (χ3v) is 7.08. The van der Waals surface area contributed by atoms with Crippen molar-refractivity contribution >= 4 is 27.6 Å². The van der Waals surface area contributed by atoms with Gasteiger partial charge in [-0.25, -0.2) is 13.2 Å². The van der Waals surface area contributed by atoms with Gasteiger partial charge in [0.1, 0.15) is 0 Å². The number of hydrogen-bond donors (Lipinski definition) is 1. The number of sulfonamides is 1. The van der Waals surface area contributed by atoms with Gasteiger partial charge in [-0.3, -0.25) is 4.79 Å². The van der Waals surface area contributed by atoms with Gasteiger partial charge in [-0.1, -0.05) is 12.5 Å². The lowest BCUT2D eigenvalue weighted by Crippen LogP contribution is -2.36. The molecule has 1 amide bonds. The molecule has 0 spiro atoms. The molecule has 1 heterocycles. The summed E-state index contributed by atoms with van der Waals surface area (Å²) in [6, 6.07) is 11.0. The minimum Gasteiger partial charge on any atom is -0.462 e. The third-order valence-electron chi connectivity index (χ3n) is 5.04. The quantitative estimate of drug-likeness (QED) is 0.707. The number of rotatable bonds is 6. The van der Waals surface area contributed by atoms with E-state index in [0.717, 1.165) is 19.3 Å². The average Bonchev–Trinajstić information content (AvgIpc) is 2.75. The largest absolute Gasteiger partial charge is 0.462 e. The third kappa shape index (κ3) is 4.88. The molecule has 0 radical (unpaired) electrons. The van der Waals surface area contributed by atoms with E-state index in [0.29, 0.717) is 29.9 Å². The summed E-state index contributed by atoms with van der Waals surface area (Å²) < 4.78 is 32.5. The number of piperidine rings is 1. The highest BCUT2D eigenvalue weighted by atomic mass is 32.2. The molecule has 1 fully saturated rings. The first-order chi connectivity index (χ1) is 14.3. The maximum atomic E-state index is 13.0. The Morgan fingerprint density at radius 2 is 1.63 bits per heavy atom. The van der Waals surface area contributed by atoms with Crippen molar-refractivity contribution in [2.24, 2.45) is 0 Å². The summed E-state index contributed by atoms with van der Waals surface area (Å²) in [5.74, 6) is -0.851. The first-order valence-corrected chi connectivity index (χ1v) is 11.5. The first kappa shape index (κ1) is 22.0. The number of hydrogen-bond acceptors (Lipinski definition) is 5. The van der Waals surface area contributed by atoms with Crippen LogP contribution >= 0.6 is 0 Å². The van der Waals surface area contributed by atoms with E-state index in [-0.39, 0.29) is 17.1 Å². The summed E-state index contributed by atoms with van der Waals surface area (Å²) >= 11 is 0. The van der Waals surface area contributed by atoms with Gasteiger partial charge in [0.2, 0.25) is 10.0 Å². The van der Waals surface area contributed by atoms with E-state index in [1.54, 1.807) is 50.2 Å². The maximum absolute atomic E-state index is 13.0. The molecule has 2 aromatic rings. The fourth-order valence-corrected chi connectivity index (χ4v) is 5.14. The minimum absolute atomic E-state index is 0.162. The number of carbonyl (C=O) groups excluding carboxylic acids is 2. The lowest BCUT2D eigenvalue weighted by molar-refractivity contribution is 0.0526. The molecule has 0 atom stereocenters. The maximum Gasteiger partial charge on any atom is 0.338 e. The molecule has 1 N–H and O–H groups in total. The summed E-state index contributed by atoms with van der Waals surface area (Å²) in [6.07, 6.45) is 2.73. The lowest BCUT2D eigenvalue weighted by atomic mass is 10.1. The molecule has 0 aromatic heterocycles. The van der Waals surface area contributed by atoms with E-state index in [2.05, 4.69) is 5.32 Å². The number of nitrogens with one attached hydrogen (secondary N) is 1. The van der Waals surface area contributed by atoms with E-state index >= 15 is 0 Å². The highest BCUT2D eigenvalue weighted by Crippen LogP contribution is 2.25. The van der Waals surface area contributed by atoms with Gasteiger partial charge in [0.25, 0.3) is 5.91 Å². The Morgan fingerprint density at radius 1 is 1.00 bits per heavy atom. The Balaban J connectivity index is 1.78. The number of aryl methyl sites for hydroxylation is 1. The Morgan fingerprint density at radius 3 is 2.27 bits per heavy atom. The van der Waals surface area contributed by atoms with Crippen LogP contribution in [0.3, 0.4) is 0 Å². The zero-order valence-corrected chi connectivity index (χ0v) is 18.0. The van der Waals surface area contributed by atoms with Crippen LogP contribution in [0, 0.1) is 6.92 Å². The van der Waals surface area contributed by atoms with Crippen molar-refractivity contribution in [1.82, 2.24) is 4.31 Å². The highest BCUT2D eigenvalue weighted by molar-refractivity contribution is 7.89. The van der Waals surface area contributed by atoms with Gasteiger partial charge in [0.15, 0.2) is 0 Å². The summed E-state index contributed by atoms with van der Waals surface area (Å²) in [6.45, 7) is 4.75. The van der Waals surface area contributed by atoms with Gasteiger partial charge in [0, 0.05) is 24.3 Å². The van der Waals surface area contributed by atoms with Crippen LogP contribution in [0.25, 0.3) is 0 Å². The normalized spacial score (nSPS) is 14.9. The van der Waals surface area contributed by atoms with Crippen molar-refractivity contribution in [2.45, 2.75) is 38.0 Å². The molecule has 0 unspecified atom stereocenters. The van der Waals surface area contributed by atoms with E-state index in [1.165, 1.54) is 10.4 Å². The monoisotopic (exact) mass is 430 g/mol. The Kier molecular flexibility index (Phi) is 6.89. The smallest absolute Gasteiger partial charge is 0.338 e. The number of carbonyl (C=O) groups is 2. The standard InChI is InChI=1S/C22H26N2O5S/c1-3-29-22(26)17-9-11-19(12-10-17)23-21(25)18-8-7-16(2)20(15-18)30(27,28)24-13-5-4-6-14-24/h7-12,15H,3-6,13-14H2,1-2H3,(H,23,25). The number of anilines is 1. The number of nitrogens with zero attached hydrogens (tertiary/aromatic N) is 1. The van der Waals surface area contributed by atoms with Gasteiger partial charge in [0.05, 0.1) is 17.1 Å². The molecular formula is C22H26N2O5S. The second-order valence-corrected chi connectivity index (χ2v) is 9.10. The van der Waals surface area contributed by atoms with Crippen molar-refractivity contribution < 1.29 is 22.7 Å². The van der Waals surface area contributed by atoms with Gasteiger partial charge in [-0.15, -0.1) is 0 Å². The summed E-state index contributed by atoms with van der Waals surface area (Å²) in [7, 11) is -3.64. The number of amides is 1. The summed E-state index contributed by atoms with van der Waals surface area (Å²) in [5.41, 5.74) is 1.75.